The number of piperazine rings is 1. The first-order valence-electron chi connectivity index (χ1n) is 11.2. The number of anilines is 1. The average molecular weight is 509 g/mol. The third-order valence-electron chi connectivity index (χ3n) is 5.84. The van der Waals surface area contributed by atoms with Crippen molar-refractivity contribution in [3.05, 3.63) is 65.7 Å². The van der Waals surface area contributed by atoms with E-state index in [0.717, 1.165) is 5.56 Å². The van der Waals surface area contributed by atoms with E-state index in [4.69, 9.17) is 5.73 Å². The quantitative estimate of drug-likeness (QED) is 0.452. The summed E-state index contributed by atoms with van der Waals surface area (Å²) in [5.41, 5.74) is 7.25. The van der Waals surface area contributed by atoms with E-state index < -0.39 is 20.0 Å². The lowest BCUT2D eigenvalue weighted by Gasteiger charge is -2.33. The largest absolute Gasteiger partial charge is 0.324 e. The van der Waals surface area contributed by atoms with Crippen LogP contribution in [0.25, 0.3) is 0 Å². The van der Waals surface area contributed by atoms with Crippen molar-refractivity contribution in [1.82, 2.24) is 9.21 Å². The predicted octanol–water partition coefficient (Wildman–Crippen LogP) is 1.13. The van der Waals surface area contributed by atoms with E-state index in [0.29, 0.717) is 50.4 Å². The lowest BCUT2D eigenvalue weighted by Crippen LogP contribution is -2.48. The zero-order valence-corrected chi connectivity index (χ0v) is 21.0. The summed E-state index contributed by atoms with van der Waals surface area (Å²) in [5, 5.41) is 0. The van der Waals surface area contributed by atoms with Crippen molar-refractivity contribution >= 4 is 31.5 Å². The Morgan fingerprint density at radius 2 is 1.56 bits per heavy atom. The minimum atomic E-state index is -3.63. The number of sulfonamides is 2. The van der Waals surface area contributed by atoms with Crippen LogP contribution in [-0.2, 0) is 26.6 Å². The number of ketones is 1. The van der Waals surface area contributed by atoms with Crippen LogP contribution in [0.5, 0.6) is 0 Å². The lowest BCUT2D eigenvalue weighted by atomic mass is 10.1. The maximum atomic E-state index is 13.3. The number of carbonyl (C=O) groups is 1. The summed E-state index contributed by atoms with van der Waals surface area (Å²) >= 11 is 0. The second-order valence-electron chi connectivity index (χ2n) is 8.34. The molecule has 0 saturated carbocycles. The molecule has 0 aromatic heterocycles. The van der Waals surface area contributed by atoms with Crippen molar-refractivity contribution < 1.29 is 21.6 Å². The SMILES string of the molecule is CS(=O)(=O)N1CCN(CCCS(=O)(=O)N(Cc2ccc(C(=O)CN)cc2)c2ccccc2)CC1. The highest BCUT2D eigenvalue weighted by Gasteiger charge is 2.25. The maximum absolute atomic E-state index is 13.3. The Balaban J connectivity index is 1.65. The Kier molecular flexibility index (Phi) is 8.83. The van der Waals surface area contributed by atoms with Crippen molar-refractivity contribution in [2.24, 2.45) is 5.73 Å². The van der Waals surface area contributed by atoms with Crippen molar-refractivity contribution in [2.75, 3.05) is 55.6 Å². The molecule has 2 aromatic carbocycles. The molecule has 0 unspecified atom stereocenters. The van der Waals surface area contributed by atoms with Gasteiger partial charge >= 0.3 is 0 Å². The molecular formula is C23H32N4O5S2. The molecule has 0 bridgehead atoms. The molecule has 0 radical (unpaired) electrons. The molecule has 0 aliphatic carbocycles. The van der Waals surface area contributed by atoms with Crippen LogP contribution in [0.15, 0.2) is 54.6 Å². The lowest BCUT2D eigenvalue weighted by molar-refractivity contribution is 0.100. The van der Waals surface area contributed by atoms with Crippen LogP contribution in [0, 0.1) is 0 Å². The minimum absolute atomic E-state index is 0.0298. The van der Waals surface area contributed by atoms with E-state index in [9.17, 15) is 21.6 Å². The van der Waals surface area contributed by atoms with Crippen LogP contribution in [0.1, 0.15) is 22.3 Å². The zero-order valence-electron chi connectivity index (χ0n) is 19.3. The monoisotopic (exact) mass is 508 g/mol. The minimum Gasteiger partial charge on any atom is -0.324 e. The van der Waals surface area contributed by atoms with E-state index in [2.05, 4.69) is 4.90 Å². The van der Waals surface area contributed by atoms with E-state index in [1.54, 1.807) is 48.5 Å². The van der Waals surface area contributed by atoms with Gasteiger partial charge in [-0.3, -0.25) is 9.10 Å². The number of nitrogens with two attached hydrogens (primary N) is 1. The Labute approximate surface area is 202 Å². The van der Waals surface area contributed by atoms with Crippen molar-refractivity contribution in [2.45, 2.75) is 13.0 Å². The highest BCUT2D eigenvalue weighted by Crippen LogP contribution is 2.22. The average Bonchev–Trinajstić information content (AvgIpc) is 2.82. The second-order valence-corrected chi connectivity index (χ2v) is 12.3. The van der Waals surface area contributed by atoms with E-state index >= 15 is 0 Å². The number of para-hydroxylation sites is 1. The van der Waals surface area contributed by atoms with Crippen LogP contribution in [0.2, 0.25) is 0 Å². The number of Topliss-reactive ketones (excluding diaryl/α,β-unsaturated/α-hetero) is 1. The fourth-order valence-corrected chi connectivity index (χ4v) is 6.22. The number of rotatable bonds is 11. The number of carbonyl (C=O) groups excluding carboxylic acids is 1. The van der Waals surface area contributed by atoms with Gasteiger partial charge in [0.1, 0.15) is 0 Å². The summed E-state index contributed by atoms with van der Waals surface area (Å²) in [4.78, 5) is 13.9. The molecule has 9 nitrogen and oxygen atoms in total. The van der Waals surface area contributed by atoms with Crippen LogP contribution >= 0.6 is 0 Å². The third-order valence-corrected chi connectivity index (χ3v) is 8.96. The molecule has 34 heavy (non-hydrogen) atoms. The van der Waals surface area contributed by atoms with Gasteiger partial charge in [-0.2, -0.15) is 4.31 Å². The smallest absolute Gasteiger partial charge is 0.235 e. The molecular weight excluding hydrogens is 476 g/mol. The molecule has 1 heterocycles. The molecule has 1 fully saturated rings. The highest BCUT2D eigenvalue weighted by molar-refractivity contribution is 7.92. The number of hydrogen-bond acceptors (Lipinski definition) is 7. The molecule has 0 amide bonds. The van der Waals surface area contributed by atoms with Crippen molar-refractivity contribution in [1.29, 1.82) is 0 Å². The number of benzene rings is 2. The normalized spacial score (nSPS) is 15.8. The molecule has 11 heteroatoms. The maximum Gasteiger partial charge on any atom is 0.235 e. The second kappa shape index (κ2) is 11.4. The molecule has 2 N–H and O–H groups in total. The van der Waals surface area contributed by atoms with Gasteiger partial charge in [-0.15, -0.1) is 0 Å². The fourth-order valence-electron chi connectivity index (χ4n) is 3.89. The molecule has 0 spiro atoms. The molecule has 3 rings (SSSR count). The first-order valence-corrected chi connectivity index (χ1v) is 14.6. The highest BCUT2D eigenvalue weighted by atomic mass is 32.2. The topological polar surface area (TPSA) is 121 Å². The van der Waals surface area contributed by atoms with E-state index in [1.165, 1.54) is 14.9 Å². The summed E-state index contributed by atoms with van der Waals surface area (Å²) in [6, 6.07) is 15.8. The summed E-state index contributed by atoms with van der Waals surface area (Å²) in [5.74, 6) is -0.200. The first-order chi connectivity index (χ1) is 16.1. The number of hydrogen-bond donors (Lipinski definition) is 1. The van der Waals surface area contributed by atoms with Gasteiger partial charge in [-0.05, 0) is 30.7 Å². The molecule has 186 valence electrons. The summed E-state index contributed by atoms with van der Waals surface area (Å²) in [7, 11) is -6.82. The van der Waals surface area contributed by atoms with Crippen LogP contribution < -0.4 is 10.0 Å². The Hall–Kier alpha value is -2.31. The Morgan fingerprint density at radius 1 is 0.941 bits per heavy atom. The summed E-state index contributed by atoms with van der Waals surface area (Å²) in [6.45, 7) is 2.67. The van der Waals surface area contributed by atoms with Gasteiger partial charge in [0, 0.05) is 31.7 Å². The van der Waals surface area contributed by atoms with Gasteiger partial charge in [0.15, 0.2) is 5.78 Å². The number of nitrogens with zero attached hydrogens (tertiary/aromatic N) is 3. The van der Waals surface area contributed by atoms with Gasteiger partial charge in [-0.1, -0.05) is 42.5 Å². The molecule has 1 saturated heterocycles. The van der Waals surface area contributed by atoms with Crippen LogP contribution in [0.4, 0.5) is 5.69 Å². The van der Waals surface area contributed by atoms with Gasteiger partial charge in [-0.25, -0.2) is 16.8 Å². The third kappa shape index (κ3) is 7.09. The predicted molar refractivity (Wildman–Crippen MR) is 134 cm³/mol. The molecule has 1 aliphatic heterocycles. The van der Waals surface area contributed by atoms with Gasteiger partial charge in [0.05, 0.1) is 30.8 Å². The summed E-state index contributed by atoms with van der Waals surface area (Å²) in [6.07, 6.45) is 1.64. The standard InChI is InChI=1S/C23H32N4O5S2/c1-33(29,30)26-15-13-25(14-16-26)12-5-17-34(31,32)27(22-6-3-2-4-7-22)19-20-8-10-21(11-9-20)23(28)18-24/h2-4,6-11H,5,12-19,24H2,1H3. The summed E-state index contributed by atoms with van der Waals surface area (Å²) < 4.78 is 52.8. The zero-order chi connectivity index (χ0) is 24.8. The Morgan fingerprint density at radius 3 is 2.12 bits per heavy atom. The van der Waals surface area contributed by atoms with Gasteiger partial charge in [0.2, 0.25) is 20.0 Å². The molecule has 2 aromatic rings. The fraction of sp³-hybridized carbons (Fsp3) is 0.435. The van der Waals surface area contributed by atoms with Crippen molar-refractivity contribution in [3.63, 3.8) is 0 Å². The molecule has 0 atom stereocenters. The van der Waals surface area contributed by atoms with Crippen molar-refractivity contribution in [3.8, 4) is 0 Å². The van der Waals surface area contributed by atoms with Gasteiger partial charge in [0.25, 0.3) is 0 Å². The van der Waals surface area contributed by atoms with Crippen LogP contribution in [-0.4, -0.2) is 83.1 Å². The van der Waals surface area contributed by atoms with Crippen LogP contribution in [0.3, 0.4) is 0 Å². The van der Waals surface area contributed by atoms with E-state index in [1.807, 2.05) is 6.07 Å². The first kappa shape index (κ1) is 26.3. The van der Waals surface area contributed by atoms with E-state index in [-0.39, 0.29) is 24.6 Å². The molecule has 1 aliphatic rings. The Bertz CT molecular complexity index is 1160. The van der Waals surface area contributed by atoms with Gasteiger partial charge < -0.3 is 10.6 Å².